The van der Waals surface area contributed by atoms with Gasteiger partial charge in [-0.2, -0.15) is 15.0 Å². The molecule has 2 rings (SSSR count). The van der Waals surface area contributed by atoms with Crippen LogP contribution in [-0.4, -0.2) is 40.1 Å². The number of nitrogens with zero attached hydrogens (tertiary/aromatic N) is 5. The number of halogens is 1. The maximum Gasteiger partial charge on any atom is 0.328 e. The van der Waals surface area contributed by atoms with Crippen molar-refractivity contribution in [1.29, 1.82) is 0 Å². The summed E-state index contributed by atoms with van der Waals surface area (Å²) in [5, 5.41) is 3.38. The highest BCUT2D eigenvalue weighted by molar-refractivity contribution is 6.30. The Morgan fingerprint density at radius 1 is 1.19 bits per heavy atom. The molecule has 2 aromatic heterocycles. The van der Waals surface area contributed by atoms with E-state index in [1.165, 1.54) is 6.20 Å². The maximum absolute atomic E-state index is 5.88. The molecule has 0 saturated heterocycles. The minimum absolute atomic E-state index is 0.195. The summed E-state index contributed by atoms with van der Waals surface area (Å²) in [5.41, 5.74) is 0. The van der Waals surface area contributed by atoms with Gasteiger partial charge in [-0.25, -0.2) is 0 Å². The van der Waals surface area contributed by atoms with Crippen molar-refractivity contribution in [2.75, 3.05) is 30.4 Å². The van der Waals surface area contributed by atoms with Crippen LogP contribution in [0.5, 0.6) is 11.8 Å². The highest BCUT2D eigenvalue weighted by Crippen LogP contribution is 2.22. The van der Waals surface area contributed by atoms with Crippen LogP contribution < -0.4 is 15.0 Å². The molecule has 0 atom stereocenters. The van der Waals surface area contributed by atoms with E-state index in [0.29, 0.717) is 22.7 Å². The zero-order valence-corrected chi connectivity index (χ0v) is 12.9. The minimum atomic E-state index is 0.195. The van der Waals surface area contributed by atoms with E-state index in [-0.39, 0.29) is 6.01 Å². The Hall–Kier alpha value is -2.15. The standard InChI is InChI=1S/C13H17ClN6O/c1-4-20(5-2)12-17-11(15-3)18-13(19-12)21-10-6-9(14)7-16-8-10/h6-8H,4-5H2,1-3H3,(H,15,17,18,19). The van der Waals surface area contributed by atoms with Gasteiger partial charge in [-0.05, 0) is 13.8 Å². The van der Waals surface area contributed by atoms with Crippen LogP contribution in [0.15, 0.2) is 18.5 Å². The molecule has 0 radical (unpaired) electrons. The van der Waals surface area contributed by atoms with Crippen LogP contribution in [0.25, 0.3) is 0 Å². The maximum atomic E-state index is 5.88. The van der Waals surface area contributed by atoms with Gasteiger partial charge >= 0.3 is 6.01 Å². The Kier molecular flexibility index (Phi) is 5.10. The third-order valence-electron chi connectivity index (χ3n) is 2.76. The van der Waals surface area contributed by atoms with E-state index < -0.39 is 0 Å². The van der Waals surface area contributed by atoms with Crippen LogP contribution in [0.3, 0.4) is 0 Å². The minimum Gasteiger partial charge on any atom is -0.422 e. The zero-order chi connectivity index (χ0) is 15.2. The van der Waals surface area contributed by atoms with Gasteiger partial charge in [-0.3, -0.25) is 4.98 Å². The van der Waals surface area contributed by atoms with Crippen molar-refractivity contribution in [3.63, 3.8) is 0 Å². The average molecular weight is 309 g/mol. The molecule has 0 aliphatic carbocycles. The van der Waals surface area contributed by atoms with Gasteiger partial charge in [-0.1, -0.05) is 11.6 Å². The SMILES string of the molecule is CCN(CC)c1nc(NC)nc(Oc2cncc(Cl)c2)n1. The Morgan fingerprint density at radius 2 is 1.95 bits per heavy atom. The second kappa shape index (κ2) is 7.03. The summed E-state index contributed by atoms with van der Waals surface area (Å²) in [4.78, 5) is 18.8. The molecule has 2 heterocycles. The molecule has 112 valence electrons. The molecular weight excluding hydrogens is 292 g/mol. The van der Waals surface area contributed by atoms with Crippen LogP contribution in [0.4, 0.5) is 11.9 Å². The molecule has 7 nitrogen and oxygen atoms in total. The van der Waals surface area contributed by atoms with Gasteiger partial charge < -0.3 is 15.0 Å². The molecule has 2 aromatic rings. The number of ether oxygens (including phenoxy) is 1. The molecule has 0 aromatic carbocycles. The van der Waals surface area contributed by atoms with Crippen LogP contribution in [0.2, 0.25) is 5.02 Å². The Balaban J connectivity index is 2.32. The van der Waals surface area contributed by atoms with Gasteiger partial charge in [0.05, 0.1) is 11.2 Å². The second-order valence-corrected chi connectivity index (χ2v) is 4.54. The van der Waals surface area contributed by atoms with Gasteiger partial charge in [0.2, 0.25) is 11.9 Å². The molecule has 0 unspecified atom stereocenters. The third-order valence-corrected chi connectivity index (χ3v) is 2.97. The fourth-order valence-corrected chi connectivity index (χ4v) is 1.87. The van der Waals surface area contributed by atoms with E-state index in [0.717, 1.165) is 13.1 Å². The summed E-state index contributed by atoms with van der Waals surface area (Å²) in [5.74, 6) is 1.47. The largest absolute Gasteiger partial charge is 0.422 e. The molecule has 21 heavy (non-hydrogen) atoms. The van der Waals surface area contributed by atoms with Crippen molar-refractivity contribution in [2.24, 2.45) is 0 Å². The first-order valence-corrected chi connectivity index (χ1v) is 7.01. The van der Waals surface area contributed by atoms with Crippen LogP contribution >= 0.6 is 11.6 Å². The summed E-state index contributed by atoms with van der Waals surface area (Å²) in [7, 11) is 1.74. The topological polar surface area (TPSA) is 76.1 Å². The van der Waals surface area contributed by atoms with E-state index in [1.807, 2.05) is 18.7 Å². The average Bonchev–Trinajstić information content (AvgIpc) is 2.48. The molecule has 0 aliphatic heterocycles. The molecule has 0 fully saturated rings. The zero-order valence-electron chi connectivity index (χ0n) is 12.2. The summed E-state index contributed by atoms with van der Waals surface area (Å²) >= 11 is 5.88. The lowest BCUT2D eigenvalue weighted by atomic mass is 10.5. The van der Waals surface area contributed by atoms with Crippen LogP contribution in [0, 0.1) is 0 Å². The van der Waals surface area contributed by atoms with Crippen LogP contribution in [-0.2, 0) is 0 Å². The summed E-state index contributed by atoms with van der Waals surface area (Å²) in [6.07, 6.45) is 3.08. The Bertz CT molecular complexity index is 605. The normalized spacial score (nSPS) is 10.3. The van der Waals surface area contributed by atoms with Gasteiger partial charge in [0.15, 0.2) is 5.75 Å². The number of aromatic nitrogens is 4. The van der Waals surface area contributed by atoms with E-state index in [2.05, 4.69) is 25.3 Å². The van der Waals surface area contributed by atoms with Gasteiger partial charge in [0.1, 0.15) is 0 Å². The molecule has 0 aliphatic rings. The van der Waals surface area contributed by atoms with Gasteiger partial charge in [0.25, 0.3) is 0 Å². The Morgan fingerprint density at radius 3 is 2.57 bits per heavy atom. The number of hydrogen-bond donors (Lipinski definition) is 1. The molecule has 0 bridgehead atoms. The molecule has 0 amide bonds. The van der Waals surface area contributed by atoms with Crippen molar-refractivity contribution < 1.29 is 4.74 Å². The highest BCUT2D eigenvalue weighted by Gasteiger charge is 2.12. The molecular formula is C13H17ClN6O. The predicted molar refractivity (Wildman–Crippen MR) is 82.3 cm³/mol. The second-order valence-electron chi connectivity index (χ2n) is 4.10. The first-order chi connectivity index (χ1) is 10.2. The first kappa shape index (κ1) is 15.2. The van der Waals surface area contributed by atoms with E-state index >= 15 is 0 Å². The number of rotatable bonds is 6. The molecule has 1 N–H and O–H groups in total. The van der Waals surface area contributed by atoms with Gasteiger partial charge in [0, 0.05) is 32.4 Å². The third kappa shape index (κ3) is 3.91. The van der Waals surface area contributed by atoms with Crippen molar-refractivity contribution in [1.82, 2.24) is 19.9 Å². The lowest BCUT2D eigenvalue weighted by Gasteiger charge is -2.19. The van der Waals surface area contributed by atoms with Crippen molar-refractivity contribution in [2.45, 2.75) is 13.8 Å². The van der Waals surface area contributed by atoms with E-state index in [1.54, 1.807) is 19.3 Å². The predicted octanol–water partition coefficient (Wildman–Crippen LogP) is 2.60. The molecule has 0 spiro atoms. The lowest BCUT2D eigenvalue weighted by molar-refractivity contribution is 0.438. The summed E-state index contributed by atoms with van der Waals surface area (Å²) in [6.45, 7) is 5.66. The van der Waals surface area contributed by atoms with Crippen molar-refractivity contribution in [3.05, 3.63) is 23.5 Å². The number of nitrogens with one attached hydrogen (secondary N) is 1. The molecule has 8 heteroatoms. The highest BCUT2D eigenvalue weighted by atomic mass is 35.5. The fraction of sp³-hybridized carbons (Fsp3) is 0.385. The fourth-order valence-electron chi connectivity index (χ4n) is 1.70. The molecule has 0 saturated carbocycles. The quantitative estimate of drug-likeness (QED) is 0.879. The number of hydrogen-bond acceptors (Lipinski definition) is 7. The van der Waals surface area contributed by atoms with Gasteiger partial charge in [-0.15, -0.1) is 0 Å². The van der Waals surface area contributed by atoms with Crippen LogP contribution in [0.1, 0.15) is 13.8 Å². The first-order valence-electron chi connectivity index (χ1n) is 6.63. The monoisotopic (exact) mass is 308 g/mol. The smallest absolute Gasteiger partial charge is 0.328 e. The number of anilines is 2. The lowest BCUT2D eigenvalue weighted by Crippen LogP contribution is -2.25. The van der Waals surface area contributed by atoms with E-state index in [9.17, 15) is 0 Å². The summed E-state index contributed by atoms with van der Waals surface area (Å²) in [6, 6.07) is 1.84. The number of pyridine rings is 1. The van der Waals surface area contributed by atoms with Crippen molar-refractivity contribution in [3.8, 4) is 11.8 Å². The Labute approximate surface area is 128 Å². The van der Waals surface area contributed by atoms with E-state index in [4.69, 9.17) is 16.3 Å². The van der Waals surface area contributed by atoms with Crippen molar-refractivity contribution >= 4 is 23.5 Å². The summed E-state index contributed by atoms with van der Waals surface area (Å²) < 4.78 is 5.61.